The third-order valence-corrected chi connectivity index (χ3v) is 4.60. The first-order chi connectivity index (χ1) is 8.43. The molecule has 1 aromatic rings. The van der Waals surface area contributed by atoms with Gasteiger partial charge in [0, 0.05) is 25.8 Å². The summed E-state index contributed by atoms with van der Waals surface area (Å²) in [5.74, 6) is 0.276. The molecule has 0 aliphatic heterocycles. The zero-order chi connectivity index (χ0) is 13.8. The highest BCUT2D eigenvalue weighted by Gasteiger charge is 2.26. The molecule has 0 atom stereocenters. The van der Waals surface area contributed by atoms with E-state index in [0.29, 0.717) is 18.8 Å². The van der Waals surface area contributed by atoms with Gasteiger partial charge in [0.25, 0.3) is 0 Å². The fourth-order valence-electron chi connectivity index (χ4n) is 1.75. The van der Waals surface area contributed by atoms with E-state index in [1.165, 1.54) is 4.31 Å². The molecule has 0 aromatic carbocycles. The van der Waals surface area contributed by atoms with Crippen LogP contribution in [-0.4, -0.2) is 30.8 Å². The third-order valence-electron chi connectivity index (χ3n) is 2.58. The molecule has 1 rings (SSSR count). The van der Waals surface area contributed by atoms with Crippen LogP contribution in [0.25, 0.3) is 0 Å². The smallest absolute Gasteiger partial charge is 0.244 e. The van der Waals surface area contributed by atoms with Gasteiger partial charge in [0.2, 0.25) is 10.0 Å². The fraction of sp³-hybridized carbons (Fsp3) is 0.583. The van der Waals surface area contributed by atoms with Crippen molar-refractivity contribution >= 4 is 10.0 Å². The van der Waals surface area contributed by atoms with Crippen LogP contribution in [0.5, 0.6) is 0 Å². The van der Waals surface area contributed by atoms with Gasteiger partial charge in [-0.05, 0) is 18.1 Å². The standard InChI is InChI=1S/C12H21N3O2S/c1-4-15(9-10(2)3)18(16,17)12-6-5-7-14-11(12)8-13/h5-7,10H,4,8-9,13H2,1-3H3. The Bertz CT molecular complexity index is 486. The Balaban J connectivity index is 3.18. The van der Waals surface area contributed by atoms with Crippen molar-refractivity contribution < 1.29 is 8.42 Å². The lowest BCUT2D eigenvalue weighted by atomic mass is 10.2. The van der Waals surface area contributed by atoms with E-state index < -0.39 is 10.0 Å². The van der Waals surface area contributed by atoms with Crippen LogP contribution in [0, 0.1) is 5.92 Å². The van der Waals surface area contributed by atoms with Crippen molar-refractivity contribution in [2.45, 2.75) is 32.2 Å². The molecule has 0 spiro atoms. The van der Waals surface area contributed by atoms with E-state index in [9.17, 15) is 8.42 Å². The molecule has 1 heterocycles. The quantitative estimate of drug-likeness (QED) is 0.843. The number of hydrogen-bond donors (Lipinski definition) is 1. The van der Waals surface area contributed by atoms with Crippen molar-refractivity contribution in [3.8, 4) is 0 Å². The second-order valence-electron chi connectivity index (χ2n) is 4.50. The van der Waals surface area contributed by atoms with E-state index in [2.05, 4.69) is 4.98 Å². The Morgan fingerprint density at radius 3 is 2.61 bits per heavy atom. The first kappa shape index (κ1) is 15.1. The van der Waals surface area contributed by atoms with Gasteiger partial charge >= 0.3 is 0 Å². The molecule has 0 saturated heterocycles. The van der Waals surface area contributed by atoms with Crippen molar-refractivity contribution in [1.82, 2.24) is 9.29 Å². The molecule has 0 unspecified atom stereocenters. The summed E-state index contributed by atoms with van der Waals surface area (Å²) < 4.78 is 26.5. The predicted octanol–water partition coefficient (Wildman–Crippen LogP) is 1.21. The average Bonchev–Trinajstić information content (AvgIpc) is 2.35. The van der Waals surface area contributed by atoms with Gasteiger partial charge in [-0.25, -0.2) is 8.42 Å². The van der Waals surface area contributed by atoms with Gasteiger partial charge in [-0.3, -0.25) is 4.98 Å². The Kier molecular flexibility index (Phi) is 5.25. The predicted molar refractivity (Wildman–Crippen MR) is 71.4 cm³/mol. The van der Waals surface area contributed by atoms with Crippen LogP contribution in [0.1, 0.15) is 26.5 Å². The maximum absolute atomic E-state index is 12.5. The second-order valence-corrected chi connectivity index (χ2v) is 6.41. The number of rotatable bonds is 6. The minimum Gasteiger partial charge on any atom is -0.325 e. The molecule has 0 radical (unpaired) electrons. The lowest BCUT2D eigenvalue weighted by Crippen LogP contribution is -2.34. The summed E-state index contributed by atoms with van der Waals surface area (Å²) in [6.07, 6.45) is 1.56. The van der Waals surface area contributed by atoms with E-state index in [1.54, 1.807) is 18.3 Å². The van der Waals surface area contributed by atoms with E-state index in [-0.39, 0.29) is 17.4 Å². The Morgan fingerprint density at radius 1 is 1.44 bits per heavy atom. The average molecular weight is 271 g/mol. The van der Waals surface area contributed by atoms with E-state index in [4.69, 9.17) is 5.73 Å². The van der Waals surface area contributed by atoms with E-state index in [0.717, 1.165) is 0 Å². The van der Waals surface area contributed by atoms with Crippen LogP contribution in [0.4, 0.5) is 0 Å². The Labute approximate surface area is 109 Å². The Morgan fingerprint density at radius 2 is 2.11 bits per heavy atom. The first-order valence-corrected chi connectivity index (χ1v) is 7.51. The molecule has 1 aromatic heterocycles. The highest BCUT2D eigenvalue weighted by molar-refractivity contribution is 7.89. The summed E-state index contributed by atoms with van der Waals surface area (Å²) >= 11 is 0. The van der Waals surface area contributed by atoms with Crippen LogP contribution in [0.15, 0.2) is 23.2 Å². The van der Waals surface area contributed by atoms with Gasteiger partial charge in [-0.2, -0.15) is 4.31 Å². The minimum absolute atomic E-state index is 0.120. The molecular formula is C12H21N3O2S. The summed E-state index contributed by atoms with van der Waals surface area (Å²) in [7, 11) is -3.50. The normalized spacial score (nSPS) is 12.3. The van der Waals surface area contributed by atoms with E-state index in [1.807, 2.05) is 20.8 Å². The van der Waals surface area contributed by atoms with Crippen molar-refractivity contribution in [2.75, 3.05) is 13.1 Å². The number of nitrogens with zero attached hydrogens (tertiary/aromatic N) is 2. The van der Waals surface area contributed by atoms with Crippen LogP contribution in [0.3, 0.4) is 0 Å². The van der Waals surface area contributed by atoms with Crippen molar-refractivity contribution in [3.63, 3.8) is 0 Å². The molecule has 0 saturated carbocycles. The van der Waals surface area contributed by atoms with Gasteiger partial charge in [0.15, 0.2) is 0 Å². The number of aromatic nitrogens is 1. The van der Waals surface area contributed by atoms with Gasteiger partial charge in [-0.1, -0.05) is 20.8 Å². The van der Waals surface area contributed by atoms with Crippen LogP contribution >= 0.6 is 0 Å². The maximum atomic E-state index is 12.5. The molecule has 102 valence electrons. The number of hydrogen-bond acceptors (Lipinski definition) is 4. The highest BCUT2D eigenvalue weighted by atomic mass is 32.2. The van der Waals surface area contributed by atoms with Crippen LogP contribution in [-0.2, 0) is 16.6 Å². The molecule has 18 heavy (non-hydrogen) atoms. The Hall–Kier alpha value is -0.980. The fourth-order valence-corrected chi connectivity index (χ4v) is 3.55. The third kappa shape index (κ3) is 3.28. The second kappa shape index (κ2) is 6.26. The SMILES string of the molecule is CCN(CC(C)C)S(=O)(=O)c1cccnc1CN. The molecule has 0 fully saturated rings. The van der Waals surface area contributed by atoms with Crippen molar-refractivity contribution in [3.05, 3.63) is 24.0 Å². The zero-order valence-electron chi connectivity index (χ0n) is 11.1. The van der Waals surface area contributed by atoms with Crippen LogP contribution < -0.4 is 5.73 Å². The van der Waals surface area contributed by atoms with Crippen molar-refractivity contribution in [2.24, 2.45) is 11.7 Å². The van der Waals surface area contributed by atoms with Gasteiger partial charge in [0.1, 0.15) is 4.90 Å². The number of pyridine rings is 1. The molecule has 0 aliphatic carbocycles. The zero-order valence-corrected chi connectivity index (χ0v) is 11.9. The molecule has 6 heteroatoms. The molecule has 5 nitrogen and oxygen atoms in total. The van der Waals surface area contributed by atoms with Crippen molar-refractivity contribution in [1.29, 1.82) is 0 Å². The minimum atomic E-state index is -3.50. The summed E-state index contributed by atoms with van der Waals surface area (Å²) in [5.41, 5.74) is 5.96. The summed E-state index contributed by atoms with van der Waals surface area (Å²) in [4.78, 5) is 4.25. The topological polar surface area (TPSA) is 76.3 Å². The van der Waals surface area contributed by atoms with Gasteiger partial charge in [0.05, 0.1) is 5.69 Å². The monoisotopic (exact) mass is 271 g/mol. The van der Waals surface area contributed by atoms with Gasteiger partial charge in [-0.15, -0.1) is 0 Å². The van der Waals surface area contributed by atoms with Gasteiger partial charge < -0.3 is 5.73 Å². The summed E-state index contributed by atoms with van der Waals surface area (Å²) in [6.45, 7) is 6.88. The molecule has 2 N–H and O–H groups in total. The largest absolute Gasteiger partial charge is 0.325 e. The summed E-state index contributed by atoms with van der Waals surface area (Å²) in [6, 6.07) is 3.18. The lowest BCUT2D eigenvalue weighted by Gasteiger charge is -2.23. The number of sulfonamides is 1. The van der Waals surface area contributed by atoms with Crippen LogP contribution in [0.2, 0.25) is 0 Å². The highest BCUT2D eigenvalue weighted by Crippen LogP contribution is 2.19. The first-order valence-electron chi connectivity index (χ1n) is 6.07. The lowest BCUT2D eigenvalue weighted by molar-refractivity contribution is 0.380. The maximum Gasteiger partial charge on any atom is 0.244 e. The van der Waals surface area contributed by atoms with E-state index >= 15 is 0 Å². The molecule has 0 amide bonds. The molecule has 0 bridgehead atoms. The number of nitrogens with two attached hydrogens (primary N) is 1. The molecule has 0 aliphatic rings. The molecular weight excluding hydrogens is 250 g/mol. The summed E-state index contributed by atoms with van der Waals surface area (Å²) in [5, 5.41) is 0.